The standard InChI is InChI=1S/C9H21NO2/c1-7(10-12-6)9(5,11)8(2,3)4/h7,10-11H,1-6H3. The van der Waals surface area contributed by atoms with Gasteiger partial charge in [0.05, 0.1) is 18.8 Å². The Morgan fingerprint density at radius 1 is 1.25 bits per heavy atom. The molecule has 2 atom stereocenters. The second-order valence-corrected chi connectivity index (χ2v) is 4.44. The molecule has 0 aliphatic rings. The van der Waals surface area contributed by atoms with Gasteiger partial charge in [-0.3, -0.25) is 0 Å². The molecule has 0 aromatic rings. The lowest BCUT2D eigenvalue weighted by Crippen LogP contribution is -2.54. The first-order valence-corrected chi connectivity index (χ1v) is 4.24. The highest BCUT2D eigenvalue weighted by atomic mass is 16.6. The lowest BCUT2D eigenvalue weighted by Gasteiger charge is -2.41. The molecule has 0 fully saturated rings. The number of nitrogens with one attached hydrogen (secondary N) is 1. The number of hydrogen-bond acceptors (Lipinski definition) is 3. The molecule has 0 spiro atoms. The Balaban J connectivity index is 4.38. The van der Waals surface area contributed by atoms with Crippen molar-refractivity contribution < 1.29 is 9.94 Å². The largest absolute Gasteiger partial charge is 0.388 e. The second-order valence-electron chi connectivity index (χ2n) is 4.44. The van der Waals surface area contributed by atoms with E-state index in [1.54, 1.807) is 7.11 Å². The third-order valence-corrected chi connectivity index (χ3v) is 2.66. The van der Waals surface area contributed by atoms with Gasteiger partial charge in [0.15, 0.2) is 0 Å². The predicted molar refractivity (Wildman–Crippen MR) is 49.7 cm³/mol. The van der Waals surface area contributed by atoms with E-state index in [9.17, 15) is 5.11 Å². The van der Waals surface area contributed by atoms with E-state index < -0.39 is 5.60 Å². The zero-order chi connectivity index (χ0) is 9.99. The molecule has 0 heterocycles. The molecule has 0 amide bonds. The van der Waals surface area contributed by atoms with Gasteiger partial charge in [0, 0.05) is 0 Å². The van der Waals surface area contributed by atoms with E-state index in [1.807, 2.05) is 34.6 Å². The van der Waals surface area contributed by atoms with Gasteiger partial charge in [-0.1, -0.05) is 20.8 Å². The van der Waals surface area contributed by atoms with Crippen LogP contribution in [0.2, 0.25) is 0 Å². The zero-order valence-electron chi connectivity index (χ0n) is 8.93. The lowest BCUT2D eigenvalue weighted by atomic mass is 9.74. The Bertz CT molecular complexity index is 138. The second kappa shape index (κ2) is 3.73. The molecule has 0 aliphatic carbocycles. The minimum Gasteiger partial charge on any atom is -0.388 e. The van der Waals surface area contributed by atoms with Crippen LogP contribution in [0.5, 0.6) is 0 Å². The fourth-order valence-corrected chi connectivity index (χ4v) is 0.941. The maximum Gasteiger partial charge on any atom is 0.0840 e. The Labute approximate surface area is 75.1 Å². The third-order valence-electron chi connectivity index (χ3n) is 2.66. The summed E-state index contributed by atoms with van der Waals surface area (Å²) in [5.74, 6) is 0. The van der Waals surface area contributed by atoms with Crippen LogP contribution in [0.1, 0.15) is 34.6 Å². The highest BCUT2D eigenvalue weighted by Gasteiger charge is 2.40. The summed E-state index contributed by atoms with van der Waals surface area (Å²) in [6, 6.07) is -0.0949. The first-order chi connectivity index (χ1) is 5.23. The van der Waals surface area contributed by atoms with Crippen molar-refractivity contribution in [2.24, 2.45) is 5.41 Å². The number of aliphatic hydroxyl groups is 1. The summed E-state index contributed by atoms with van der Waals surface area (Å²) in [5.41, 5.74) is 1.78. The summed E-state index contributed by atoms with van der Waals surface area (Å²) in [6.07, 6.45) is 0. The van der Waals surface area contributed by atoms with Crippen molar-refractivity contribution in [3.05, 3.63) is 0 Å². The topological polar surface area (TPSA) is 41.5 Å². The molecule has 3 heteroatoms. The van der Waals surface area contributed by atoms with Crippen molar-refractivity contribution in [3.8, 4) is 0 Å². The van der Waals surface area contributed by atoms with Crippen LogP contribution in [0.15, 0.2) is 0 Å². The monoisotopic (exact) mass is 175 g/mol. The number of hydrogen-bond donors (Lipinski definition) is 2. The Morgan fingerprint density at radius 3 is 1.92 bits per heavy atom. The fraction of sp³-hybridized carbons (Fsp3) is 1.00. The van der Waals surface area contributed by atoms with Gasteiger partial charge in [0.2, 0.25) is 0 Å². The predicted octanol–water partition coefficient (Wildman–Crippen LogP) is 1.32. The summed E-state index contributed by atoms with van der Waals surface area (Å²) >= 11 is 0. The van der Waals surface area contributed by atoms with Crippen molar-refractivity contribution in [1.29, 1.82) is 0 Å². The molecule has 74 valence electrons. The van der Waals surface area contributed by atoms with Gasteiger partial charge in [0.25, 0.3) is 0 Å². The lowest BCUT2D eigenvalue weighted by molar-refractivity contribution is -0.103. The molecule has 2 N–H and O–H groups in total. The first-order valence-electron chi connectivity index (χ1n) is 4.24. The molecule has 0 aromatic heterocycles. The van der Waals surface area contributed by atoms with Crippen LogP contribution in [-0.2, 0) is 4.84 Å². The molecule has 0 bridgehead atoms. The molecular weight excluding hydrogens is 154 g/mol. The highest BCUT2D eigenvalue weighted by molar-refractivity contribution is 4.93. The minimum atomic E-state index is -0.789. The minimum absolute atomic E-state index is 0.0949. The molecule has 3 nitrogen and oxygen atoms in total. The molecule has 0 radical (unpaired) electrons. The number of hydroxylamine groups is 1. The van der Waals surface area contributed by atoms with Crippen LogP contribution >= 0.6 is 0 Å². The smallest absolute Gasteiger partial charge is 0.0840 e. The highest BCUT2D eigenvalue weighted by Crippen LogP contribution is 2.32. The SMILES string of the molecule is CONC(C)C(C)(O)C(C)(C)C. The Morgan fingerprint density at radius 2 is 1.67 bits per heavy atom. The Hall–Kier alpha value is -0.120. The first kappa shape index (κ1) is 11.9. The van der Waals surface area contributed by atoms with Crippen LogP contribution in [-0.4, -0.2) is 23.9 Å². The van der Waals surface area contributed by atoms with Crippen LogP contribution in [0.25, 0.3) is 0 Å². The average Bonchev–Trinajstić information content (AvgIpc) is 1.85. The summed E-state index contributed by atoms with van der Waals surface area (Å²) in [5, 5.41) is 10.1. The van der Waals surface area contributed by atoms with E-state index in [0.717, 1.165) is 0 Å². The molecule has 2 unspecified atom stereocenters. The molecule has 0 rings (SSSR count). The normalized spacial score (nSPS) is 20.2. The molecule has 0 saturated heterocycles. The van der Waals surface area contributed by atoms with Gasteiger partial charge in [-0.2, -0.15) is 5.48 Å². The average molecular weight is 175 g/mol. The van der Waals surface area contributed by atoms with Crippen molar-refractivity contribution >= 4 is 0 Å². The van der Waals surface area contributed by atoms with E-state index in [4.69, 9.17) is 4.84 Å². The van der Waals surface area contributed by atoms with Crippen LogP contribution in [0.3, 0.4) is 0 Å². The molecule has 0 aromatic carbocycles. The maximum atomic E-state index is 10.1. The van der Waals surface area contributed by atoms with Crippen molar-refractivity contribution in [2.75, 3.05) is 7.11 Å². The number of rotatable bonds is 3. The zero-order valence-corrected chi connectivity index (χ0v) is 8.93. The van der Waals surface area contributed by atoms with E-state index >= 15 is 0 Å². The van der Waals surface area contributed by atoms with E-state index in [-0.39, 0.29) is 11.5 Å². The van der Waals surface area contributed by atoms with Crippen molar-refractivity contribution in [2.45, 2.75) is 46.3 Å². The van der Waals surface area contributed by atoms with Crippen molar-refractivity contribution in [3.63, 3.8) is 0 Å². The third kappa shape index (κ3) is 2.44. The molecule has 12 heavy (non-hydrogen) atoms. The quantitative estimate of drug-likeness (QED) is 0.636. The van der Waals surface area contributed by atoms with Gasteiger partial charge in [-0.25, -0.2) is 0 Å². The van der Waals surface area contributed by atoms with Gasteiger partial charge >= 0.3 is 0 Å². The van der Waals surface area contributed by atoms with Gasteiger partial charge in [0.1, 0.15) is 0 Å². The van der Waals surface area contributed by atoms with Crippen LogP contribution in [0, 0.1) is 5.41 Å². The maximum absolute atomic E-state index is 10.1. The fourth-order valence-electron chi connectivity index (χ4n) is 0.941. The summed E-state index contributed by atoms with van der Waals surface area (Å²) in [7, 11) is 1.55. The summed E-state index contributed by atoms with van der Waals surface area (Å²) in [4.78, 5) is 4.78. The van der Waals surface area contributed by atoms with Gasteiger partial charge < -0.3 is 9.94 Å². The summed E-state index contributed by atoms with van der Waals surface area (Å²) < 4.78 is 0. The van der Waals surface area contributed by atoms with Gasteiger partial charge in [-0.05, 0) is 19.3 Å². The van der Waals surface area contributed by atoms with E-state index in [0.29, 0.717) is 0 Å². The van der Waals surface area contributed by atoms with E-state index in [2.05, 4.69) is 5.48 Å². The van der Waals surface area contributed by atoms with Crippen LogP contribution in [0.4, 0.5) is 0 Å². The van der Waals surface area contributed by atoms with Crippen LogP contribution < -0.4 is 5.48 Å². The summed E-state index contributed by atoms with van der Waals surface area (Å²) in [6.45, 7) is 9.71. The van der Waals surface area contributed by atoms with Crippen molar-refractivity contribution in [1.82, 2.24) is 5.48 Å². The van der Waals surface area contributed by atoms with Gasteiger partial charge in [-0.15, -0.1) is 0 Å². The Kier molecular flexibility index (Phi) is 3.69. The van der Waals surface area contributed by atoms with E-state index in [1.165, 1.54) is 0 Å². The molecule has 0 aliphatic heterocycles. The molecular formula is C9H21NO2. The molecule has 0 saturated carbocycles.